The number of ether oxygens (including phenoxy) is 1. The Morgan fingerprint density at radius 3 is 3.12 bits per heavy atom. The van der Waals surface area contributed by atoms with E-state index in [1.807, 2.05) is 0 Å². The number of thiol groups is 1. The molecular formula is C9H9N5O2S. The lowest BCUT2D eigenvalue weighted by Crippen LogP contribution is -2.21. The van der Waals surface area contributed by atoms with Crippen molar-refractivity contribution in [3.8, 4) is 17.4 Å². The number of carbonyl (C=O) groups is 1. The summed E-state index contributed by atoms with van der Waals surface area (Å²) in [4.78, 5) is 25.6. The number of amides is 1. The molecule has 0 saturated heterocycles. The third kappa shape index (κ3) is 2.94. The molecule has 0 saturated carbocycles. The van der Waals surface area contributed by atoms with Gasteiger partial charge >= 0.3 is 0 Å². The molecule has 2 aromatic rings. The van der Waals surface area contributed by atoms with E-state index in [0.717, 1.165) is 0 Å². The van der Waals surface area contributed by atoms with Crippen LogP contribution in [0.1, 0.15) is 0 Å². The van der Waals surface area contributed by atoms with E-state index in [-0.39, 0.29) is 18.5 Å². The number of aromatic amines is 1. The minimum atomic E-state index is -0.353. The van der Waals surface area contributed by atoms with Crippen LogP contribution in [0.4, 0.5) is 0 Å². The number of hydrogen-bond donors (Lipinski definition) is 3. The average Bonchev–Trinajstić information content (AvgIpc) is 2.86. The molecule has 2 heterocycles. The van der Waals surface area contributed by atoms with Crippen molar-refractivity contribution >= 4 is 18.7 Å². The molecular weight excluding hydrogens is 242 g/mol. The second-order valence-corrected chi connectivity index (χ2v) is 3.24. The van der Waals surface area contributed by atoms with Crippen LogP contribution in [0, 0.1) is 0 Å². The summed E-state index contributed by atoms with van der Waals surface area (Å²) in [6, 6.07) is 1.98. The van der Waals surface area contributed by atoms with Gasteiger partial charge in [-0.1, -0.05) is 12.8 Å². The number of aromatic nitrogens is 4. The molecule has 2 rings (SSSR count). The van der Waals surface area contributed by atoms with E-state index in [1.54, 1.807) is 18.5 Å². The van der Waals surface area contributed by atoms with Gasteiger partial charge < -0.3 is 9.72 Å². The molecule has 0 aliphatic heterocycles. The Morgan fingerprint density at radius 2 is 2.41 bits per heavy atom. The van der Waals surface area contributed by atoms with Crippen LogP contribution in [0.5, 0.6) is 6.01 Å². The predicted molar refractivity (Wildman–Crippen MR) is 62.2 cm³/mol. The van der Waals surface area contributed by atoms with Gasteiger partial charge in [0, 0.05) is 6.20 Å². The molecule has 0 bridgehead atoms. The lowest BCUT2D eigenvalue weighted by atomic mass is 10.3. The first-order valence-electron chi connectivity index (χ1n) is 4.66. The Hall–Kier alpha value is -2.09. The number of hydrogen-bond acceptors (Lipinski definition) is 6. The molecule has 0 radical (unpaired) electrons. The Morgan fingerprint density at radius 1 is 1.53 bits per heavy atom. The summed E-state index contributed by atoms with van der Waals surface area (Å²) in [6.07, 6.45) is 4.62. The van der Waals surface area contributed by atoms with E-state index >= 15 is 0 Å². The number of nitrogens with zero attached hydrogens (tertiary/aromatic N) is 3. The van der Waals surface area contributed by atoms with E-state index in [0.29, 0.717) is 11.4 Å². The van der Waals surface area contributed by atoms with Gasteiger partial charge in [-0.25, -0.2) is 15.0 Å². The largest absolute Gasteiger partial charge is 0.455 e. The molecule has 8 heteroatoms. The molecule has 0 aliphatic rings. The molecule has 0 unspecified atom stereocenters. The predicted octanol–water partition coefficient (Wildman–Crippen LogP) is 0.206. The van der Waals surface area contributed by atoms with Crippen molar-refractivity contribution in [2.75, 3.05) is 6.61 Å². The van der Waals surface area contributed by atoms with Gasteiger partial charge in [-0.05, 0) is 6.07 Å². The van der Waals surface area contributed by atoms with Gasteiger partial charge in [-0.15, -0.1) is 0 Å². The normalized spacial score (nSPS) is 9.94. The number of imidazole rings is 1. The summed E-state index contributed by atoms with van der Waals surface area (Å²) in [5, 5.41) is 0. The fraction of sp³-hybridized carbons (Fsp3) is 0.111. The maximum atomic E-state index is 10.9. The Balaban J connectivity index is 2.04. The van der Waals surface area contributed by atoms with Crippen LogP contribution < -0.4 is 9.46 Å². The molecule has 17 heavy (non-hydrogen) atoms. The van der Waals surface area contributed by atoms with Gasteiger partial charge in [0.2, 0.25) is 0 Å². The van der Waals surface area contributed by atoms with E-state index in [2.05, 4.69) is 37.5 Å². The van der Waals surface area contributed by atoms with Gasteiger partial charge in [0.15, 0.2) is 6.61 Å². The molecule has 88 valence electrons. The van der Waals surface area contributed by atoms with Crippen LogP contribution in [-0.2, 0) is 4.79 Å². The lowest BCUT2D eigenvalue weighted by Gasteiger charge is -1.99. The highest BCUT2D eigenvalue weighted by Crippen LogP contribution is 2.15. The first-order valence-corrected chi connectivity index (χ1v) is 5.11. The summed E-state index contributed by atoms with van der Waals surface area (Å²) >= 11 is 3.60. The summed E-state index contributed by atoms with van der Waals surface area (Å²) < 4.78 is 7.23. The molecule has 2 aromatic heterocycles. The highest BCUT2D eigenvalue weighted by atomic mass is 32.1. The summed E-state index contributed by atoms with van der Waals surface area (Å²) in [7, 11) is 0. The van der Waals surface area contributed by atoms with Gasteiger partial charge in [-0.3, -0.25) is 9.52 Å². The standard InChI is InChI=1S/C9H9N5O2S/c15-8(14-17)4-16-9-11-3-7(13-9)6-1-2-10-5-12-6/h1-3,5,17H,4H2,(H,11,13)(H,14,15). The van der Waals surface area contributed by atoms with Crippen molar-refractivity contribution < 1.29 is 9.53 Å². The number of nitrogens with one attached hydrogen (secondary N) is 2. The molecule has 0 fully saturated rings. The van der Waals surface area contributed by atoms with Gasteiger partial charge in [-0.2, -0.15) is 0 Å². The smallest absolute Gasteiger partial charge is 0.294 e. The van der Waals surface area contributed by atoms with Gasteiger partial charge in [0.25, 0.3) is 11.9 Å². The minimum Gasteiger partial charge on any atom is -0.455 e. The third-order valence-electron chi connectivity index (χ3n) is 1.88. The first-order chi connectivity index (χ1) is 8.29. The molecule has 2 N–H and O–H groups in total. The summed E-state index contributed by atoms with van der Waals surface area (Å²) in [5.41, 5.74) is 1.38. The SMILES string of the molecule is O=C(COc1ncc(-c2ccncn2)[nH]1)NS. The zero-order valence-electron chi connectivity index (χ0n) is 8.62. The Kier molecular flexibility index (Phi) is 3.55. The fourth-order valence-electron chi connectivity index (χ4n) is 1.12. The highest BCUT2D eigenvalue weighted by molar-refractivity contribution is 7.78. The van der Waals surface area contributed by atoms with Crippen molar-refractivity contribution in [1.29, 1.82) is 0 Å². The van der Waals surface area contributed by atoms with E-state index in [1.165, 1.54) is 6.33 Å². The number of H-pyrrole nitrogens is 1. The zero-order valence-corrected chi connectivity index (χ0v) is 9.52. The van der Waals surface area contributed by atoms with Gasteiger partial charge in [0.05, 0.1) is 17.6 Å². The van der Waals surface area contributed by atoms with Crippen LogP contribution >= 0.6 is 12.8 Å². The maximum absolute atomic E-state index is 10.9. The second-order valence-electron chi connectivity index (χ2n) is 3.02. The van der Waals surface area contributed by atoms with Crippen LogP contribution in [0.25, 0.3) is 11.4 Å². The van der Waals surface area contributed by atoms with E-state index in [4.69, 9.17) is 4.74 Å². The monoisotopic (exact) mass is 251 g/mol. The molecule has 0 spiro atoms. The summed E-state index contributed by atoms with van der Waals surface area (Å²) in [5.74, 6) is -0.353. The van der Waals surface area contributed by atoms with Crippen LogP contribution in [0.2, 0.25) is 0 Å². The minimum absolute atomic E-state index is 0.153. The molecule has 0 aromatic carbocycles. The highest BCUT2D eigenvalue weighted by Gasteiger charge is 2.06. The quantitative estimate of drug-likeness (QED) is 0.675. The molecule has 0 aliphatic carbocycles. The average molecular weight is 251 g/mol. The topological polar surface area (TPSA) is 92.8 Å². The first kappa shape index (κ1) is 11.4. The zero-order chi connectivity index (χ0) is 12.1. The molecule has 0 atom stereocenters. The van der Waals surface area contributed by atoms with Crippen LogP contribution in [0.15, 0.2) is 24.8 Å². The Bertz CT molecular complexity index is 501. The fourth-order valence-corrected chi connectivity index (χ4v) is 1.19. The number of carbonyl (C=O) groups excluding carboxylic acids is 1. The van der Waals surface area contributed by atoms with Crippen molar-refractivity contribution in [3.63, 3.8) is 0 Å². The van der Waals surface area contributed by atoms with Crippen molar-refractivity contribution in [3.05, 3.63) is 24.8 Å². The van der Waals surface area contributed by atoms with Crippen molar-refractivity contribution in [2.45, 2.75) is 0 Å². The Labute approximate surface area is 102 Å². The molecule has 1 amide bonds. The van der Waals surface area contributed by atoms with Crippen LogP contribution in [-0.4, -0.2) is 32.4 Å². The molecule has 7 nitrogen and oxygen atoms in total. The van der Waals surface area contributed by atoms with Crippen molar-refractivity contribution in [1.82, 2.24) is 24.7 Å². The second kappa shape index (κ2) is 5.30. The van der Waals surface area contributed by atoms with Crippen LogP contribution in [0.3, 0.4) is 0 Å². The maximum Gasteiger partial charge on any atom is 0.294 e. The van der Waals surface area contributed by atoms with E-state index in [9.17, 15) is 4.79 Å². The summed E-state index contributed by atoms with van der Waals surface area (Å²) in [6.45, 7) is -0.153. The van der Waals surface area contributed by atoms with Gasteiger partial charge in [0.1, 0.15) is 6.33 Å². The van der Waals surface area contributed by atoms with E-state index < -0.39 is 0 Å². The van der Waals surface area contributed by atoms with Crippen molar-refractivity contribution in [2.24, 2.45) is 0 Å². The third-order valence-corrected chi connectivity index (χ3v) is 2.12. The number of rotatable bonds is 4. The lowest BCUT2D eigenvalue weighted by molar-refractivity contribution is -0.121.